The highest BCUT2D eigenvalue weighted by Gasteiger charge is 2.32. The third kappa shape index (κ3) is 4.59. The number of morpholine rings is 1. The van der Waals surface area contributed by atoms with E-state index in [1.165, 1.54) is 19.1 Å². The minimum atomic E-state index is -4.44. The number of aryl methyl sites for hydroxylation is 1. The van der Waals surface area contributed by atoms with Crippen molar-refractivity contribution in [3.8, 4) is 0 Å². The Morgan fingerprint density at radius 3 is 2.71 bits per heavy atom. The number of halogens is 4. The van der Waals surface area contributed by atoms with E-state index in [1.807, 2.05) is 0 Å². The molecule has 2 N–H and O–H groups in total. The first kappa shape index (κ1) is 17.7. The van der Waals surface area contributed by atoms with Crippen LogP contribution in [0.15, 0.2) is 18.2 Å². The van der Waals surface area contributed by atoms with Gasteiger partial charge in [0.25, 0.3) is 5.91 Å². The predicted octanol–water partition coefficient (Wildman–Crippen LogP) is 2.36. The van der Waals surface area contributed by atoms with Gasteiger partial charge in [-0.05, 0) is 24.6 Å². The number of amides is 1. The molecule has 1 fully saturated rings. The number of rotatable bonds is 2. The van der Waals surface area contributed by atoms with Gasteiger partial charge in [-0.3, -0.25) is 4.79 Å². The SMILES string of the molecule is Cc1ccc(NC(=O)C2CNCCO2)cc1C(F)(F)F.Cl. The Kier molecular flexibility index (Phi) is 6.00. The highest BCUT2D eigenvalue weighted by atomic mass is 35.5. The summed E-state index contributed by atoms with van der Waals surface area (Å²) in [6.07, 6.45) is -5.12. The summed E-state index contributed by atoms with van der Waals surface area (Å²) < 4.78 is 43.6. The summed E-state index contributed by atoms with van der Waals surface area (Å²) in [5, 5.41) is 5.43. The standard InChI is InChI=1S/C13H15F3N2O2.ClH/c1-8-2-3-9(6-10(8)13(14,15)16)18-12(19)11-7-17-4-5-20-11;/h2-3,6,11,17H,4-5,7H2,1H3,(H,18,19);1H. The van der Waals surface area contributed by atoms with Crippen LogP contribution in [0.5, 0.6) is 0 Å². The normalized spacial score (nSPS) is 18.8. The molecule has 1 amide bonds. The maximum atomic E-state index is 12.8. The van der Waals surface area contributed by atoms with Gasteiger partial charge in [0.05, 0.1) is 12.2 Å². The summed E-state index contributed by atoms with van der Waals surface area (Å²) in [6.45, 7) is 2.79. The summed E-state index contributed by atoms with van der Waals surface area (Å²) in [5.41, 5.74) is -0.522. The topological polar surface area (TPSA) is 50.4 Å². The van der Waals surface area contributed by atoms with E-state index >= 15 is 0 Å². The summed E-state index contributed by atoms with van der Waals surface area (Å²) in [7, 11) is 0. The molecule has 1 heterocycles. The molecular formula is C13H16ClF3N2O2. The van der Waals surface area contributed by atoms with Crippen molar-refractivity contribution in [1.29, 1.82) is 0 Å². The lowest BCUT2D eigenvalue weighted by Gasteiger charge is -2.23. The first-order chi connectivity index (χ1) is 9.38. The molecular weight excluding hydrogens is 309 g/mol. The minimum Gasteiger partial charge on any atom is -0.366 e. The van der Waals surface area contributed by atoms with Gasteiger partial charge >= 0.3 is 6.18 Å². The van der Waals surface area contributed by atoms with E-state index < -0.39 is 23.8 Å². The van der Waals surface area contributed by atoms with Crippen LogP contribution in [-0.2, 0) is 15.7 Å². The van der Waals surface area contributed by atoms with E-state index in [1.54, 1.807) is 0 Å². The minimum absolute atomic E-state index is 0. The van der Waals surface area contributed by atoms with Crippen LogP contribution in [0.4, 0.5) is 18.9 Å². The highest BCUT2D eigenvalue weighted by molar-refractivity contribution is 5.94. The molecule has 2 rings (SSSR count). The Morgan fingerprint density at radius 2 is 2.14 bits per heavy atom. The van der Waals surface area contributed by atoms with Gasteiger partial charge in [-0.1, -0.05) is 6.07 Å². The number of alkyl halides is 3. The Morgan fingerprint density at radius 1 is 1.43 bits per heavy atom. The molecule has 21 heavy (non-hydrogen) atoms. The number of hydrogen-bond acceptors (Lipinski definition) is 3. The zero-order valence-electron chi connectivity index (χ0n) is 11.3. The first-order valence-electron chi connectivity index (χ1n) is 6.19. The Labute approximate surface area is 126 Å². The maximum absolute atomic E-state index is 12.8. The van der Waals surface area contributed by atoms with Crippen molar-refractivity contribution >= 4 is 24.0 Å². The number of ether oxygens (including phenoxy) is 1. The van der Waals surface area contributed by atoms with Crippen molar-refractivity contribution in [1.82, 2.24) is 5.32 Å². The molecule has 0 spiro atoms. The van der Waals surface area contributed by atoms with Crippen LogP contribution in [0.2, 0.25) is 0 Å². The third-order valence-corrected chi connectivity index (χ3v) is 3.03. The molecule has 1 aliphatic heterocycles. The number of benzene rings is 1. The van der Waals surface area contributed by atoms with Crippen LogP contribution in [0.3, 0.4) is 0 Å². The van der Waals surface area contributed by atoms with Gasteiger partial charge in [0, 0.05) is 18.8 Å². The molecule has 8 heteroatoms. The molecule has 1 atom stereocenters. The second-order valence-corrected chi connectivity index (χ2v) is 4.58. The summed E-state index contributed by atoms with van der Waals surface area (Å²) in [5.74, 6) is -0.450. The molecule has 1 aromatic rings. The van der Waals surface area contributed by atoms with Crippen LogP contribution in [0.1, 0.15) is 11.1 Å². The van der Waals surface area contributed by atoms with Crippen molar-refractivity contribution in [2.45, 2.75) is 19.2 Å². The number of carbonyl (C=O) groups excluding carboxylic acids is 1. The molecule has 1 aliphatic rings. The van der Waals surface area contributed by atoms with Gasteiger partial charge in [-0.2, -0.15) is 13.2 Å². The average molecular weight is 325 g/mol. The van der Waals surface area contributed by atoms with Crippen molar-refractivity contribution in [2.75, 3.05) is 25.0 Å². The molecule has 1 saturated heterocycles. The van der Waals surface area contributed by atoms with Gasteiger partial charge in [-0.25, -0.2) is 0 Å². The number of anilines is 1. The van der Waals surface area contributed by atoms with Crippen molar-refractivity contribution < 1.29 is 22.7 Å². The van der Waals surface area contributed by atoms with Crippen LogP contribution in [0.25, 0.3) is 0 Å². The zero-order valence-corrected chi connectivity index (χ0v) is 12.1. The van der Waals surface area contributed by atoms with Gasteiger partial charge in [0.15, 0.2) is 0 Å². The highest BCUT2D eigenvalue weighted by Crippen LogP contribution is 2.33. The largest absolute Gasteiger partial charge is 0.416 e. The third-order valence-electron chi connectivity index (χ3n) is 3.03. The summed E-state index contributed by atoms with van der Waals surface area (Å²) in [4.78, 5) is 11.9. The van der Waals surface area contributed by atoms with Crippen LogP contribution < -0.4 is 10.6 Å². The molecule has 118 valence electrons. The fourth-order valence-electron chi connectivity index (χ4n) is 1.96. The Balaban J connectivity index is 0.00000220. The van der Waals surface area contributed by atoms with Crippen LogP contribution in [-0.4, -0.2) is 31.7 Å². The molecule has 1 aromatic carbocycles. The molecule has 4 nitrogen and oxygen atoms in total. The fraction of sp³-hybridized carbons (Fsp3) is 0.462. The van der Waals surface area contributed by atoms with Crippen LogP contribution in [0, 0.1) is 6.92 Å². The van der Waals surface area contributed by atoms with E-state index in [9.17, 15) is 18.0 Å². The lowest BCUT2D eigenvalue weighted by atomic mass is 10.1. The predicted molar refractivity (Wildman–Crippen MR) is 74.7 cm³/mol. The van der Waals surface area contributed by atoms with E-state index in [0.29, 0.717) is 19.7 Å². The van der Waals surface area contributed by atoms with Gasteiger partial charge < -0.3 is 15.4 Å². The Hall–Kier alpha value is -1.31. The van der Waals surface area contributed by atoms with Crippen molar-refractivity contribution in [2.24, 2.45) is 0 Å². The van der Waals surface area contributed by atoms with E-state index in [-0.39, 0.29) is 23.7 Å². The van der Waals surface area contributed by atoms with Crippen molar-refractivity contribution in [3.63, 3.8) is 0 Å². The molecule has 0 radical (unpaired) electrons. The van der Waals surface area contributed by atoms with E-state index in [2.05, 4.69) is 10.6 Å². The van der Waals surface area contributed by atoms with Gasteiger partial charge in [-0.15, -0.1) is 12.4 Å². The Bertz CT molecular complexity index is 503. The quantitative estimate of drug-likeness (QED) is 0.878. The van der Waals surface area contributed by atoms with E-state index in [4.69, 9.17) is 4.74 Å². The smallest absolute Gasteiger partial charge is 0.366 e. The summed E-state index contributed by atoms with van der Waals surface area (Å²) in [6, 6.07) is 3.71. The number of carbonyl (C=O) groups is 1. The first-order valence-corrected chi connectivity index (χ1v) is 6.19. The van der Waals surface area contributed by atoms with Crippen LogP contribution >= 0.6 is 12.4 Å². The summed E-state index contributed by atoms with van der Waals surface area (Å²) >= 11 is 0. The fourth-order valence-corrected chi connectivity index (χ4v) is 1.96. The van der Waals surface area contributed by atoms with Gasteiger partial charge in [0.2, 0.25) is 0 Å². The molecule has 0 saturated carbocycles. The molecule has 0 aliphatic carbocycles. The molecule has 0 aromatic heterocycles. The van der Waals surface area contributed by atoms with E-state index in [0.717, 1.165) is 6.07 Å². The van der Waals surface area contributed by atoms with Gasteiger partial charge in [0.1, 0.15) is 6.10 Å². The lowest BCUT2D eigenvalue weighted by Crippen LogP contribution is -2.45. The molecule has 0 bridgehead atoms. The lowest BCUT2D eigenvalue weighted by molar-refractivity contribution is -0.138. The molecule has 1 unspecified atom stereocenters. The zero-order chi connectivity index (χ0) is 14.8. The maximum Gasteiger partial charge on any atom is 0.416 e. The monoisotopic (exact) mass is 324 g/mol. The average Bonchev–Trinajstić information content (AvgIpc) is 2.40. The second kappa shape index (κ2) is 7.11. The number of hydrogen-bond donors (Lipinski definition) is 2. The second-order valence-electron chi connectivity index (χ2n) is 4.58. The number of nitrogens with one attached hydrogen (secondary N) is 2. The van der Waals surface area contributed by atoms with Crippen molar-refractivity contribution in [3.05, 3.63) is 29.3 Å².